The van der Waals surface area contributed by atoms with Gasteiger partial charge in [-0.25, -0.2) is 18.6 Å². The molecule has 0 amide bonds. The van der Waals surface area contributed by atoms with E-state index in [1.165, 1.54) is 40.5 Å². The number of thioether (sulfide) groups is 1. The Morgan fingerprint density at radius 2 is 1.67 bits per heavy atom. The predicted molar refractivity (Wildman–Crippen MR) is 99.7 cm³/mol. The van der Waals surface area contributed by atoms with E-state index in [1.807, 2.05) is 0 Å². The van der Waals surface area contributed by atoms with Crippen molar-refractivity contribution in [1.82, 2.24) is 19.6 Å². The van der Waals surface area contributed by atoms with Crippen molar-refractivity contribution in [3.05, 3.63) is 81.9 Å². The van der Waals surface area contributed by atoms with Crippen molar-refractivity contribution in [2.45, 2.75) is 17.8 Å². The highest BCUT2D eigenvalue weighted by Crippen LogP contribution is 2.28. The van der Waals surface area contributed by atoms with Crippen molar-refractivity contribution < 1.29 is 8.78 Å². The number of nitrogens with zero attached hydrogens (tertiary/aromatic N) is 3. The molecule has 0 fully saturated rings. The number of aryl methyl sites for hydroxylation is 1. The van der Waals surface area contributed by atoms with Crippen LogP contribution >= 0.6 is 11.8 Å². The zero-order valence-electron chi connectivity index (χ0n) is 14.2. The molecule has 5 nitrogen and oxygen atoms in total. The number of halogens is 2. The summed E-state index contributed by atoms with van der Waals surface area (Å²) in [7, 11) is 0. The molecule has 0 aliphatic carbocycles. The summed E-state index contributed by atoms with van der Waals surface area (Å²) in [6.07, 6.45) is 0. The first-order valence-corrected chi connectivity index (χ1v) is 9.12. The van der Waals surface area contributed by atoms with Gasteiger partial charge in [0.15, 0.2) is 10.8 Å². The lowest BCUT2D eigenvalue weighted by Gasteiger charge is -2.04. The smallest absolute Gasteiger partial charge is 0.285 e. The van der Waals surface area contributed by atoms with E-state index in [4.69, 9.17) is 0 Å². The summed E-state index contributed by atoms with van der Waals surface area (Å²) in [4.78, 5) is 19.6. The van der Waals surface area contributed by atoms with Crippen LogP contribution in [0.15, 0.2) is 58.5 Å². The lowest BCUT2D eigenvalue weighted by Crippen LogP contribution is -2.19. The minimum atomic E-state index is -0.405. The van der Waals surface area contributed by atoms with E-state index < -0.39 is 5.69 Å². The predicted octanol–water partition coefficient (Wildman–Crippen LogP) is 3.96. The summed E-state index contributed by atoms with van der Waals surface area (Å²) in [5, 5.41) is 4.68. The number of H-pyrrole nitrogens is 1. The lowest BCUT2D eigenvalue weighted by molar-refractivity contribution is 0.627. The summed E-state index contributed by atoms with van der Waals surface area (Å²) >= 11 is 1.33. The highest BCUT2D eigenvalue weighted by atomic mass is 32.2. The Labute approximate surface area is 157 Å². The number of benzene rings is 2. The molecule has 0 radical (unpaired) electrons. The summed E-state index contributed by atoms with van der Waals surface area (Å²) in [5.74, 6) is -0.108. The van der Waals surface area contributed by atoms with Gasteiger partial charge in [0.2, 0.25) is 0 Å². The Hall–Kier alpha value is -3.00. The Balaban J connectivity index is 1.73. The SMILES string of the molecule is Cc1nn2c(=O)[nH]c(SCc3ccc(F)cc3)nc2c1-c1ccc(F)cc1. The van der Waals surface area contributed by atoms with Gasteiger partial charge in [-0.15, -0.1) is 0 Å². The van der Waals surface area contributed by atoms with Crippen LogP contribution in [-0.2, 0) is 5.75 Å². The van der Waals surface area contributed by atoms with Crippen LogP contribution in [0.3, 0.4) is 0 Å². The minimum absolute atomic E-state index is 0.296. The van der Waals surface area contributed by atoms with Gasteiger partial charge in [-0.2, -0.15) is 9.61 Å². The van der Waals surface area contributed by atoms with Gasteiger partial charge in [0, 0.05) is 11.3 Å². The fraction of sp³-hybridized carbons (Fsp3) is 0.105. The van der Waals surface area contributed by atoms with Crippen LogP contribution in [0.25, 0.3) is 16.8 Å². The first-order chi connectivity index (χ1) is 13.0. The molecular formula is C19H14F2N4OS. The summed E-state index contributed by atoms with van der Waals surface area (Å²) < 4.78 is 27.5. The van der Waals surface area contributed by atoms with E-state index in [2.05, 4.69) is 15.1 Å². The molecule has 0 saturated carbocycles. The van der Waals surface area contributed by atoms with Crippen molar-refractivity contribution in [2.75, 3.05) is 0 Å². The molecule has 0 atom stereocenters. The van der Waals surface area contributed by atoms with Gasteiger partial charge in [-0.05, 0) is 42.3 Å². The minimum Gasteiger partial charge on any atom is -0.285 e. The highest BCUT2D eigenvalue weighted by Gasteiger charge is 2.16. The maximum Gasteiger partial charge on any atom is 0.350 e. The third-order valence-electron chi connectivity index (χ3n) is 4.07. The molecule has 136 valence electrons. The normalized spacial score (nSPS) is 11.2. The van der Waals surface area contributed by atoms with Gasteiger partial charge in [0.05, 0.1) is 5.69 Å². The van der Waals surface area contributed by atoms with Gasteiger partial charge < -0.3 is 0 Å². The molecule has 4 rings (SSSR count). The van der Waals surface area contributed by atoms with Crippen LogP contribution < -0.4 is 5.69 Å². The van der Waals surface area contributed by atoms with Crippen molar-refractivity contribution in [2.24, 2.45) is 0 Å². The fourth-order valence-electron chi connectivity index (χ4n) is 2.78. The molecule has 0 aliphatic rings. The quantitative estimate of drug-likeness (QED) is 0.541. The van der Waals surface area contributed by atoms with Crippen LogP contribution in [0.1, 0.15) is 11.3 Å². The number of hydrogen-bond donors (Lipinski definition) is 1. The molecule has 0 aliphatic heterocycles. The number of aromatic amines is 1. The maximum atomic E-state index is 13.2. The van der Waals surface area contributed by atoms with Crippen molar-refractivity contribution in [1.29, 1.82) is 0 Å². The first kappa shape index (κ1) is 17.4. The van der Waals surface area contributed by atoms with E-state index in [0.29, 0.717) is 27.8 Å². The standard InChI is InChI=1S/C19H14F2N4OS/c1-11-16(13-4-8-15(21)9-5-13)17-22-18(23-19(26)25(17)24-11)27-10-12-2-6-14(20)7-3-12/h2-9H,10H2,1H3,(H,22,23,26). The number of fused-ring (bicyclic) bond motifs is 1. The van der Waals surface area contributed by atoms with Crippen molar-refractivity contribution >= 4 is 17.4 Å². The second-order valence-electron chi connectivity index (χ2n) is 5.96. The van der Waals surface area contributed by atoms with E-state index >= 15 is 0 Å². The number of nitrogens with one attached hydrogen (secondary N) is 1. The molecule has 2 aromatic carbocycles. The van der Waals surface area contributed by atoms with E-state index in [1.54, 1.807) is 31.2 Å². The third kappa shape index (κ3) is 3.48. The monoisotopic (exact) mass is 384 g/mol. The first-order valence-electron chi connectivity index (χ1n) is 8.14. The van der Waals surface area contributed by atoms with Crippen molar-refractivity contribution in [3.63, 3.8) is 0 Å². The summed E-state index contributed by atoms with van der Waals surface area (Å²) in [6, 6.07) is 12.1. The fourth-order valence-corrected chi connectivity index (χ4v) is 3.59. The van der Waals surface area contributed by atoms with Crippen LogP contribution in [0.5, 0.6) is 0 Å². The van der Waals surface area contributed by atoms with Gasteiger partial charge in [-0.1, -0.05) is 36.0 Å². The van der Waals surface area contributed by atoms with E-state index in [-0.39, 0.29) is 11.6 Å². The molecule has 8 heteroatoms. The molecule has 2 heterocycles. The van der Waals surface area contributed by atoms with Gasteiger partial charge in [0.1, 0.15) is 11.6 Å². The molecule has 27 heavy (non-hydrogen) atoms. The molecule has 0 spiro atoms. The second kappa shape index (κ2) is 6.96. The number of aromatic nitrogens is 4. The van der Waals surface area contributed by atoms with E-state index in [9.17, 15) is 13.6 Å². The van der Waals surface area contributed by atoms with E-state index in [0.717, 1.165) is 11.1 Å². The third-order valence-corrected chi connectivity index (χ3v) is 5.02. The van der Waals surface area contributed by atoms with Gasteiger partial charge in [0.25, 0.3) is 0 Å². The molecular weight excluding hydrogens is 370 g/mol. The molecule has 0 saturated heterocycles. The second-order valence-corrected chi connectivity index (χ2v) is 6.93. The Kier molecular flexibility index (Phi) is 4.49. The van der Waals surface area contributed by atoms with Crippen molar-refractivity contribution in [3.8, 4) is 11.1 Å². The Bertz CT molecular complexity index is 1170. The molecule has 2 aromatic heterocycles. The lowest BCUT2D eigenvalue weighted by atomic mass is 10.1. The number of rotatable bonds is 4. The average Bonchev–Trinajstić information content (AvgIpc) is 2.99. The summed E-state index contributed by atoms with van der Waals surface area (Å²) in [5.41, 5.74) is 2.96. The summed E-state index contributed by atoms with van der Waals surface area (Å²) in [6.45, 7) is 1.78. The van der Waals surface area contributed by atoms with Gasteiger partial charge >= 0.3 is 5.69 Å². The molecule has 1 N–H and O–H groups in total. The van der Waals surface area contributed by atoms with Gasteiger partial charge in [-0.3, -0.25) is 4.98 Å². The average molecular weight is 384 g/mol. The Morgan fingerprint density at radius 1 is 1.04 bits per heavy atom. The zero-order valence-corrected chi connectivity index (χ0v) is 15.1. The molecule has 0 bridgehead atoms. The largest absolute Gasteiger partial charge is 0.350 e. The Morgan fingerprint density at radius 3 is 2.33 bits per heavy atom. The van der Waals surface area contributed by atoms with Crippen LogP contribution in [0, 0.1) is 18.6 Å². The highest BCUT2D eigenvalue weighted by molar-refractivity contribution is 7.98. The maximum absolute atomic E-state index is 13.2. The van der Waals surface area contributed by atoms with Crippen LogP contribution in [0.2, 0.25) is 0 Å². The molecule has 0 unspecified atom stereocenters. The molecule has 4 aromatic rings. The zero-order chi connectivity index (χ0) is 19.0. The number of hydrogen-bond acceptors (Lipinski definition) is 4. The topological polar surface area (TPSA) is 63.1 Å². The van der Waals surface area contributed by atoms with Crippen LogP contribution in [-0.4, -0.2) is 19.6 Å². The van der Waals surface area contributed by atoms with Crippen LogP contribution in [0.4, 0.5) is 8.78 Å².